The van der Waals surface area contributed by atoms with Crippen molar-refractivity contribution in [1.29, 1.82) is 0 Å². The van der Waals surface area contributed by atoms with Crippen LogP contribution in [0.25, 0.3) is 0 Å². The molecule has 0 unspecified atom stereocenters. The Hall–Kier alpha value is -2.00. The molecule has 132 valence electrons. The van der Waals surface area contributed by atoms with Crippen molar-refractivity contribution >= 4 is 46.3 Å². The van der Waals surface area contributed by atoms with E-state index in [0.717, 1.165) is 3.57 Å². The number of aryl methyl sites for hydroxylation is 1. The zero-order valence-electron chi connectivity index (χ0n) is 13.5. The van der Waals surface area contributed by atoms with Crippen LogP contribution in [0.3, 0.4) is 0 Å². The van der Waals surface area contributed by atoms with E-state index in [9.17, 15) is 15.0 Å². The lowest BCUT2D eigenvalue weighted by molar-refractivity contribution is -0.123. The zero-order valence-corrected chi connectivity index (χ0v) is 16.4. The average Bonchev–Trinajstić information content (AvgIpc) is 2.55. The maximum absolute atomic E-state index is 11.8. The monoisotopic (exact) mass is 474 g/mol. The molecule has 1 amide bonds. The molecule has 0 fully saturated rings. The number of nitrogens with one attached hydrogen (secondary N) is 1. The number of ether oxygens (including phenoxy) is 1. The van der Waals surface area contributed by atoms with E-state index in [0.29, 0.717) is 27.5 Å². The molecule has 2 aromatic rings. The average molecular weight is 475 g/mol. The minimum Gasteiger partial charge on any atom is -0.508 e. The number of aromatic hydroxyl groups is 2. The van der Waals surface area contributed by atoms with E-state index in [1.807, 2.05) is 0 Å². The highest BCUT2D eigenvalue weighted by Gasteiger charge is 2.11. The molecular weight excluding hydrogens is 459 g/mol. The van der Waals surface area contributed by atoms with Crippen LogP contribution in [0.2, 0.25) is 5.02 Å². The van der Waals surface area contributed by atoms with E-state index in [-0.39, 0.29) is 18.1 Å². The molecule has 0 aliphatic carbocycles. The van der Waals surface area contributed by atoms with Crippen molar-refractivity contribution in [2.75, 3.05) is 6.61 Å². The third-order valence-corrected chi connectivity index (χ3v) is 4.49. The minimum atomic E-state index is -0.449. The SMILES string of the molecule is Cc1cc(O)c(C)c(O)c1/C=N\NC(=O)COc1ccc(Cl)cc1I. The predicted molar refractivity (Wildman–Crippen MR) is 105 cm³/mol. The zero-order chi connectivity index (χ0) is 18.6. The Balaban J connectivity index is 1.96. The number of phenols is 2. The van der Waals surface area contributed by atoms with Gasteiger partial charge in [0.15, 0.2) is 6.61 Å². The molecule has 0 aliphatic rings. The number of hydrogen-bond acceptors (Lipinski definition) is 5. The van der Waals surface area contributed by atoms with Gasteiger partial charge in [0.25, 0.3) is 5.91 Å². The summed E-state index contributed by atoms with van der Waals surface area (Å²) in [6.07, 6.45) is 1.32. The first-order chi connectivity index (χ1) is 11.8. The summed E-state index contributed by atoms with van der Waals surface area (Å²) in [5.74, 6) is 0.0195. The van der Waals surface area contributed by atoms with Crippen LogP contribution in [0.15, 0.2) is 29.4 Å². The molecule has 2 aromatic carbocycles. The Morgan fingerprint density at radius 3 is 2.76 bits per heavy atom. The molecule has 8 heteroatoms. The number of phenolic OH excluding ortho intramolecular Hbond substituents is 2. The fourth-order valence-corrected chi connectivity index (χ4v) is 3.03. The highest BCUT2D eigenvalue weighted by atomic mass is 127. The summed E-state index contributed by atoms with van der Waals surface area (Å²) in [5.41, 5.74) is 3.72. The molecule has 0 atom stereocenters. The molecule has 0 spiro atoms. The van der Waals surface area contributed by atoms with Crippen LogP contribution in [-0.2, 0) is 4.79 Å². The van der Waals surface area contributed by atoms with Gasteiger partial charge in [0.2, 0.25) is 0 Å². The molecule has 0 aliphatic heterocycles. The van der Waals surface area contributed by atoms with E-state index in [4.69, 9.17) is 16.3 Å². The van der Waals surface area contributed by atoms with E-state index in [2.05, 4.69) is 33.1 Å². The summed E-state index contributed by atoms with van der Waals surface area (Å²) in [6.45, 7) is 3.09. The molecule has 0 radical (unpaired) electrons. The third-order valence-electron chi connectivity index (χ3n) is 3.41. The summed E-state index contributed by atoms with van der Waals surface area (Å²) in [4.78, 5) is 11.8. The van der Waals surface area contributed by atoms with Gasteiger partial charge in [-0.1, -0.05) is 11.6 Å². The van der Waals surface area contributed by atoms with Crippen LogP contribution in [0.4, 0.5) is 0 Å². The standard InChI is InChI=1S/C17H16ClIN2O4/c1-9-5-14(22)10(2)17(24)12(9)7-20-21-16(23)8-25-15-4-3-11(18)6-13(15)19/h3-7,22,24H,8H2,1-2H3,(H,21,23)/b20-7-. The van der Waals surface area contributed by atoms with Crippen molar-refractivity contribution in [2.45, 2.75) is 13.8 Å². The number of hydrogen-bond donors (Lipinski definition) is 3. The molecule has 0 bridgehead atoms. The molecule has 0 aromatic heterocycles. The quantitative estimate of drug-likeness (QED) is 0.351. The number of rotatable bonds is 5. The summed E-state index contributed by atoms with van der Waals surface area (Å²) < 4.78 is 6.20. The van der Waals surface area contributed by atoms with Crippen LogP contribution in [0.1, 0.15) is 16.7 Å². The number of hydrazone groups is 1. The van der Waals surface area contributed by atoms with Gasteiger partial charge in [0.05, 0.1) is 9.78 Å². The summed E-state index contributed by atoms with van der Waals surface area (Å²) in [6, 6.07) is 6.60. The number of carbonyl (C=O) groups excluding carboxylic acids is 1. The van der Waals surface area contributed by atoms with Crippen molar-refractivity contribution in [2.24, 2.45) is 5.10 Å². The van der Waals surface area contributed by atoms with Crippen molar-refractivity contribution < 1.29 is 19.7 Å². The first-order valence-corrected chi connectivity index (χ1v) is 8.67. The second-order valence-corrected chi connectivity index (χ2v) is 6.86. The lowest BCUT2D eigenvalue weighted by Gasteiger charge is -2.09. The van der Waals surface area contributed by atoms with E-state index >= 15 is 0 Å². The summed E-state index contributed by atoms with van der Waals surface area (Å²) in [7, 11) is 0. The van der Waals surface area contributed by atoms with Gasteiger partial charge in [0, 0.05) is 16.1 Å². The fourth-order valence-electron chi connectivity index (χ4n) is 2.00. The van der Waals surface area contributed by atoms with Crippen LogP contribution in [0, 0.1) is 17.4 Å². The van der Waals surface area contributed by atoms with Gasteiger partial charge in [-0.2, -0.15) is 5.10 Å². The van der Waals surface area contributed by atoms with E-state index < -0.39 is 5.91 Å². The Morgan fingerprint density at radius 1 is 1.36 bits per heavy atom. The first-order valence-electron chi connectivity index (χ1n) is 7.21. The minimum absolute atomic E-state index is 0.00199. The second-order valence-electron chi connectivity index (χ2n) is 5.26. The van der Waals surface area contributed by atoms with Crippen LogP contribution in [-0.4, -0.2) is 28.9 Å². The van der Waals surface area contributed by atoms with Gasteiger partial charge >= 0.3 is 0 Å². The lowest BCUT2D eigenvalue weighted by atomic mass is 10.0. The largest absolute Gasteiger partial charge is 0.508 e. The Morgan fingerprint density at radius 2 is 2.08 bits per heavy atom. The van der Waals surface area contributed by atoms with Gasteiger partial charge in [0.1, 0.15) is 17.2 Å². The fraction of sp³-hybridized carbons (Fsp3) is 0.176. The first kappa shape index (κ1) is 19.3. The van der Waals surface area contributed by atoms with Gasteiger partial charge in [-0.3, -0.25) is 4.79 Å². The van der Waals surface area contributed by atoms with E-state index in [1.165, 1.54) is 12.3 Å². The topological polar surface area (TPSA) is 91.1 Å². The Kier molecular flexibility index (Phi) is 6.49. The summed E-state index contributed by atoms with van der Waals surface area (Å²) >= 11 is 7.92. The number of carbonyl (C=O) groups is 1. The molecule has 25 heavy (non-hydrogen) atoms. The molecular formula is C17H16ClIN2O4. The molecule has 0 saturated heterocycles. The highest BCUT2D eigenvalue weighted by Crippen LogP contribution is 2.31. The van der Waals surface area contributed by atoms with Gasteiger partial charge in [-0.25, -0.2) is 5.43 Å². The number of amides is 1. The predicted octanol–water partition coefficient (Wildman–Crippen LogP) is 3.50. The molecule has 2 rings (SSSR count). The smallest absolute Gasteiger partial charge is 0.277 e. The molecule has 0 saturated carbocycles. The maximum atomic E-state index is 11.8. The molecule has 6 nitrogen and oxygen atoms in total. The van der Waals surface area contributed by atoms with Gasteiger partial charge < -0.3 is 14.9 Å². The maximum Gasteiger partial charge on any atom is 0.277 e. The molecule has 3 N–H and O–H groups in total. The normalized spacial score (nSPS) is 10.9. The van der Waals surface area contributed by atoms with Gasteiger partial charge in [-0.15, -0.1) is 0 Å². The van der Waals surface area contributed by atoms with Crippen LogP contribution in [0.5, 0.6) is 17.2 Å². The van der Waals surface area contributed by atoms with Crippen molar-refractivity contribution in [3.05, 3.63) is 49.5 Å². The Bertz CT molecular complexity index is 840. The van der Waals surface area contributed by atoms with Crippen molar-refractivity contribution in [3.63, 3.8) is 0 Å². The number of halogens is 2. The molecule has 0 heterocycles. The number of nitrogens with zero attached hydrogens (tertiary/aromatic N) is 1. The van der Waals surface area contributed by atoms with E-state index in [1.54, 1.807) is 32.0 Å². The van der Waals surface area contributed by atoms with Crippen molar-refractivity contribution in [3.8, 4) is 17.2 Å². The van der Waals surface area contributed by atoms with Gasteiger partial charge in [-0.05, 0) is 66.3 Å². The lowest BCUT2D eigenvalue weighted by Crippen LogP contribution is -2.24. The van der Waals surface area contributed by atoms with Crippen LogP contribution < -0.4 is 10.2 Å². The number of benzene rings is 2. The van der Waals surface area contributed by atoms with Crippen molar-refractivity contribution in [1.82, 2.24) is 5.43 Å². The van der Waals surface area contributed by atoms with Crippen LogP contribution >= 0.6 is 34.2 Å². The third kappa shape index (κ3) is 4.99. The second kappa shape index (κ2) is 8.39. The Labute approximate surface area is 163 Å². The highest BCUT2D eigenvalue weighted by molar-refractivity contribution is 14.1. The summed E-state index contributed by atoms with van der Waals surface area (Å²) in [5, 5.41) is 24.1.